The van der Waals surface area contributed by atoms with Crippen LogP contribution < -0.4 is 5.32 Å². The second-order valence-corrected chi connectivity index (χ2v) is 5.17. The van der Waals surface area contributed by atoms with Gasteiger partial charge in [-0.25, -0.2) is 0 Å². The van der Waals surface area contributed by atoms with E-state index in [0.717, 1.165) is 16.5 Å². The fourth-order valence-electron chi connectivity index (χ4n) is 2.16. The van der Waals surface area contributed by atoms with Gasteiger partial charge in [-0.1, -0.05) is 28.1 Å². The van der Waals surface area contributed by atoms with E-state index in [2.05, 4.69) is 26.2 Å². The normalized spacial score (nSPS) is 23.4. The van der Waals surface area contributed by atoms with Gasteiger partial charge in [0, 0.05) is 11.6 Å². The maximum absolute atomic E-state index is 11.8. The molecule has 1 aliphatic heterocycles. The lowest BCUT2D eigenvalue weighted by molar-refractivity contribution is -0.125. The average Bonchev–Trinajstić information content (AvgIpc) is 2.63. The molecule has 2 heterocycles. The fourth-order valence-corrected chi connectivity index (χ4v) is 2.82. The van der Waals surface area contributed by atoms with Crippen LogP contribution in [-0.4, -0.2) is 21.6 Å². The molecule has 90 valence electrons. The number of aromatic nitrogens is 1. The number of carbonyl (C=O) groups is 2. The number of halogens is 1. The zero-order valence-electron chi connectivity index (χ0n) is 9.26. The van der Waals surface area contributed by atoms with Crippen molar-refractivity contribution < 1.29 is 9.59 Å². The number of imide groups is 1. The fraction of sp³-hybridized carbons (Fsp3) is 0.154. The first-order valence-electron chi connectivity index (χ1n) is 5.50. The van der Waals surface area contributed by atoms with Crippen LogP contribution in [0.25, 0.3) is 10.9 Å². The minimum Gasteiger partial charge on any atom is -0.295 e. The monoisotopic (exact) mass is 304 g/mol. The van der Waals surface area contributed by atoms with E-state index in [1.54, 1.807) is 6.20 Å². The summed E-state index contributed by atoms with van der Waals surface area (Å²) >= 11 is 3.26. The highest BCUT2D eigenvalue weighted by molar-refractivity contribution is 9.10. The average molecular weight is 305 g/mol. The van der Waals surface area contributed by atoms with E-state index in [9.17, 15) is 9.59 Å². The Balaban J connectivity index is 2.09. The summed E-state index contributed by atoms with van der Waals surface area (Å²) in [5.41, 5.74) is 1.69. The number of pyridine rings is 1. The van der Waals surface area contributed by atoms with Crippen molar-refractivity contribution >= 4 is 38.6 Å². The van der Waals surface area contributed by atoms with Crippen LogP contribution in [0.3, 0.4) is 0 Å². The molecular weight excluding hydrogens is 296 g/mol. The van der Waals surface area contributed by atoms with Gasteiger partial charge in [-0.2, -0.15) is 0 Å². The van der Waals surface area contributed by atoms with Crippen LogP contribution >= 0.6 is 15.9 Å². The highest BCUT2D eigenvalue weighted by Gasteiger charge is 2.40. The molecule has 0 radical (unpaired) electrons. The Morgan fingerprint density at radius 3 is 2.72 bits per heavy atom. The zero-order valence-corrected chi connectivity index (χ0v) is 10.8. The topological polar surface area (TPSA) is 59.1 Å². The summed E-state index contributed by atoms with van der Waals surface area (Å²) < 4.78 is 0. The van der Waals surface area contributed by atoms with Crippen LogP contribution in [0, 0.1) is 0 Å². The predicted molar refractivity (Wildman–Crippen MR) is 70.3 cm³/mol. The Kier molecular flexibility index (Phi) is 2.63. The van der Waals surface area contributed by atoms with E-state index < -0.39 is 10.7 Å². The van der Waals surface area contributed by atoms with Gasteiger partial charge in [0.15, 0.2) is 0 Å². The van der Waals surface area contributed by atoms with Crippen molar-refractivity contribution in [3.8, 4) is 0 Å². The molecule has 0 bridgehead atoms. The number of amides is 2. The lowest BCUT2D eigenvalue weighted by Crippen LogP contribution is -2.22. The maximum Gasteiger partial charge on any atom is 0.241 e. The van der Waals surface area contributed by atoms with Gasteiger partial charge in [-0.15, -0.1) is 0 Å². The van der Waals surface area contributed by atoms with E-state index >= 15 is 0 Å². The quantitative estimate of drug-likeness (QED) is 0.645. The van der Waals surface area contributed by atoms with E-state index in [-0.39, 0.29) is 11.8 Å². The minimum atomic E-state index is -0.501. The summed E-state index contributed by atoms with van der Waals surface area (Å²) in [5, 5.41) is 3.28. The maximum atomic E-state index is 11.8. The van der Waals surface area contributed by atoms with Gasteiger partial charge >= 0.3 is 0 Å². The number of rotatable bonds is 1. The zero-order chi connectivity index (χ0) is 12.7. The van der Waals surface area contributed by atoms with Crippen molar-refractivity contribution in [2.75, 3.05) is 0 Å². The molecule has 1 aromatic heterocycles. The first-order chi connectivity index (χ1) is 8.66. The molecule has 2 unspecified atom stereocenters. The molecule has 1 fully saturated rings. The van der Waals surface area contributed by atoms with E-state index in [4.69, 9.17) is 0 Å². The Morgan fingerprint density at radius 2 is 2.00 bits per heavy atom. The number of benzene rings is 1. The number of nitrogens with zero attached hydrogens (tertiary/aromatic N) is 1. The molecule has 0 saturated carbocycles. The Morgan fingerprint density at radius 1 is 1.17 bits per heavy atom. The largest absolute Gasteiger partial charge is 0.295 e. The van der Waals surface area contributed by atoms with Gasteiger partial charge in [-0.05, 0) is 23.8 Å². The first-order valence-corrected chi connectivity index (χ1v) is 6.42. The van der Waals surface area contributed by atoms with E-state index in [1.807, 2.05) is 30.3 Å². The third-order valence-electron chi connectivity index (χ3n) is 3.06. The van der Waals surface area contributed by atoms with Crippen LogP contribution in [0.4, 0.5) is 0 Å². The van der Waals surface area contributed by atoms with Gasteiger partial charge in [0.25, 0.3) is 0 Å². The molecule has 1 saturated heterocycles. The summed E-state index contributed by atoms with van der Waals surface area (Å²) in [5.74, 6) is -1.01. The minimum absolute atomic E-state index is 0.259. The van der Waals surface area contributed by atoms with E-state index in [0.29, 0.717) is 0 Å². The van der Waals surface area contributed by atoms with Crippen LogP contribution in [0.15, 0.2) is 36.5 Å². The highest BCUT2D eigenvalue weighted by atomic mass is 79.9. The second-order valence-electron chi connectivity index (χ2n) is 4.19. The lowest BCUT2D eigenvalue weighted by atomic mass is 9.96. The van der Waals surface area contributed by atoms with Gasteiger partial charge < -0.3 is 0 Å². The van der Waals surface area contributed by atoms with Crippen molar-refractivity contribution in [2.24, 2.45) is 0 Å². The molecule has 2 amide bonds. The van der Waals surface area contributed by atoms with Crippen LogP contribution in [0.2, 0.25) is 0 Å². The van der Waals surface area contributed by atoms with Crippen molar-refractivity contribution in [3.63, 3.8) is 0 Å². The number of fused-ring (bicyclic) bond motifs is 1. The molecule has 0 spiro atoms. The predicted octanol–water partition coefficient (Wildman–Crippen LogP) is 1.74. The van der Waals surface area contributed by atoms with Crippen LogP contribution in [-0.2, 0) is 9.59 Å². The van der Waals surface area contributed by atoms with E-state index in [1.165, 1.54) is 0 Å². The second kappa shape index (κ2) is 4.17. The van der Waals surface area contributed by atoms with Crippen LogP contribution in [0.5, 0.6) is 0 Å². The number of carbonyl (C=O) groups excluding carboxylic acids is 2. The highest BCUT2D eigenvalue weighted by Crippen LogP contribution is 2.31. The van der Waals surface area contributed by atoms with Crippen LogP contribution in [0.1, 0.15) is 11.5 Å². The molecule has 2 atom stereocenters. The molecule has 1 aromatic carbocycles. The van der Waals surface area contributed by atoms with Gasteiger partial charge in [0.05, 0.1) is 11.4 Å². The Hall–Kier alpha value is -1.75. The molecule has 5 heteroatoms. The number of alkyl halides is 1. The Bertz CT molecular complexity index is 656. The summed E-state index contributed by atoms with van der Waals surface area (Å²) in [7, 11) is 0. The SMILES string of the molecule is O=C1NC(=O)C(c2ccc3ncccc3c2)C1Br. The molecule has 4 nitrogen and oxygen atoms in total. The number of hydrogen-bond acceptors (Lipinski definition) is 3. The molecule has 1 N–H and O–H groups in total. The molecule has 1 aliphatic rings. The number of nitrogens with one attached hydrogen (secondary N) is 1. The molecule has 2 aromatic rings. The van der Waals surface area contributed by atoms with Gasteiger partial charge in [0.1, 0.15) is 4.83 Å². The van der Waals surface area contributed by atoms with Gasteiger partial charge in [-0.3, -0.25) is 19.9 Å². The summed E-state index contributed by atoms with van der Waals surface area (Å²) in [6.45, 7) is 0. The number of hydrogen-bond donors (Lipinski definition) is 1. The lowest BCUT2D eigenvalue weighted by Gasteiger charge is -2.10. The van der Waals surface area contributed by atoms with Crippen molar-refractivity contribution in [1.82, 2.24) is 10.3 Å². The summed E-state index contributed by atoms with van der Waals surface area (Å²) in [4.78, 5) is 26.9. The smallest absolute Gasteiger partial charge is 0.241 e. The third kappa shape index (κ3) is 1.71. The van der Waals surface area contributed by atoms with Gasteiger partial charge in [0.2, 0.25) is 11.8 Å². The molecule has 3 rings (SSSR count). The standard InChI is InChI=1S/C13H9BrN2O2/c14-11-10(12(17)16-13(11)18)8-3-4-9-7(6-8)2-1-5-15-9/h1-6,10-11H,(H,16,17,18). The van der Waals surface area contributed by atoms with Crippen molar-refractivity contribution in [1.29, 1.82) is 0 Å². The third-order valence-corrected chi connectivity index (χ3v) is 4.00. The van der Waals surface area contributed by atoms with Crippen molar-refractivity contribution in [2.45, 2.75) is 10.7 Å². The summed E-state index contributed by atoms with van der Waals surface area (Å²) in [6, 6.07) is 9.38. The first kappa shape index (κ1) is 11.3. The van der Waals surface area contributed by atoms with Crippen molar-refractivity contribution in [3.05, 3.63) is 42.1 Å². The molecule has 18 heavy (non-hydrogen) atoms. The molecular formula is C13H9BrN2O2. The Labute approximate surface area is 112 Å². The molecule has 0 aliphatic carbocycles. The summed E-state index contributed by atoms with van der Waals surface area (Å²) in [6.07, 6.45) is 1.72.